The number of allylic oxidation sites excluding steroid dienone is 2. The molecular formula is C39H30BCl2F3N4O8. The second-order valence-electron chi connectivity index (χ2n) is 14.3. The van der Waals surface area contributed by atoms with E-state index in [0.717, 1.165) is 4.90 Å². The van der Waals surface area contributed by atoms with Crippen molar-refractivity contribution in [2.24, 2.45) is 23.7 Å². The minimum atomic E-state index is -4.78. The number of alkyl halides is 3. The van der Waals surface area contributed by atoms with Crippen molar-refractivity contribution < 1.29 is 52.2 Å². The third-order valence-corrected chi connectivity index (χ3v) is 12.1. The molecule has 1 saturated carbocycles. The van der Waals surface area contributed by atoms with Crippen LogP contribution in [0, 0.1) is 23.7 Å². The zero-order chi connectivity index (χ0) is 40.7. The molecule has 0 radical (unpaired) electrons. The van der Waals surface area contributed by atoms with Crippen LogP contribution >= 0.6 is 23.2 Å². The topological polar surface area (TPSA) is 170 Å². The van der Waals surface area contributed by atoms with Gasteiger partial charge < -0.3 is 19.9 Å². The number of fused-ring (bicyclic) bond motifs is 4. The fourth-order valence-corrected chi connectivity index (χ4v) is 9.43. The van der Waals surface area contributed by atoms with Crippen molar-refractivity contribution in [3.63, 3.8) is 0 Å². The molecule has 0 spiro atoms. The highest BCUT2D eigenvalue weighted by Crippen LogP contribution is 2.65. The van der Waals surface area contributed by atoms with Crippen LogP contribution in [0.1, 0.15) is 35.4 Å². The zero-order valence-corrected chi connectivity index (χ0v) is 31.1. The molecule has 3 fully saturated rings. The number of hydrogen-bond donors (Lipinski definition) is 4. The molecule has 4 aromatic rings. The summed E-state index contributed by atoms with van der Waals surface area (Å²) >= 11 is 12.6. The predicted molar refractivity (Wildman–Crippen MR) is 200 cm³/mol. The second-order valence-corrected chi connectivity index (χ2v) is 15.2. The Balaban J connectivity index is 1.32. The molecule has 18 heteroatoms. The van der Waals surface area contributed by atoms with Gasteiger partial charge in [0.25, 0.3) is 11.8 Å². The first-order chi connectivity index (χ1) is 27.1. The summed E-state index contributed by atoms with van der Waals surface area (Å²) in [6, 6.07) is 16.9. The van der Waals surface area contributed by atoms with Gasteiger partial charge in [-0.1, -0.05) is 59.1 Å². The number of pyridine rings is 1. The van der Waals surface area contributed by atoms with Gasteiger partial charge in [0, 0.05) is 22.7 Å². The van der Waals surface area contributed by atoms with Crippen molar-refractivity contribution in [1.29, 1.82) is 0 Å². The molecule has 4 aliphatic rings. The summed E-state index contributed by atoms with van der Waals surface area (Å²) in [7, 11) is -0.472. The maximum absolute atomic E-state index is 15.3. The molecule has 12 nitrogen and oxygen atoms in total. The van der Waals surface area contributed by atoms with Crippen LogP contribution in [0.15, 0.2) is 90.6 Å². The van der Waals surface area contributed by atoms with Crippen molar-refractivity contribution in [2.45, 2.75) is 30.4 Å². The van der Waals surface area contributed by atoms with E-state index >= 15 is 4.79 Å². The summed E-state index contributed by atoms with van der Waals surface area (Å²) in [5.74, 6) is -8.55. The van der Waals surface area contributed by atoms with Crippen molar-refractivity contribution in [2.75, 3.05) is 17.4 Å². The number of rotatable bonds is 7. The first-order valence-electron chi connectivity index (χ1n) is 17.6. The molecule has 6 atom stereocenters. The van der Waals surface area contributed by atoms with Crippen molar-refractivity contribution in [3.8, 4) is 11.5 Å². The Morgan fingerprint density at radius 2 is 1.68 bits per heavy atom. The number of hydrazine groups is 1. The van der Waals surface area contributed by atoms with Gasteiger partial charge in [0.05, 0.1) is 46.6 Å². The molecule has 0 unspecified atom stereocenters. The summed E-state index contributed by atoms with van der Waals surface area (Å²) in [4.78, 5) is 63.6. The van der Waals surface area contributed by atoms with Crippen LogP contribution in [0.25, 0.3) is 0 Å². The van der Waals surface area contributed by atoms with E-state index in [-0.39, 0.29) is 35.3 Å². The van der Waals surface area contributed by atoms with E-state index in [0.29, 0.717) is 39.2 Å². The third kappa shape index (κ3) is 5.96. The number of halogens is 5. The van der Waals surface area contributed by atoms with E-state index in [1.807, 2.05) is 0 Å². The number of carbonyl (C=O) groups is 4. The van der Waals surface area contributed by atoms with E-state index in [1.165, 1.54) is 61.7 Å². The number of ether oxygens (including phenoxy) is 1. The first-order valence-corrected chi connectivity index (χ1v) is 18.4. The van der Waals surface area contributed by atoms with E-state index in [4.69, 9.17) is 27.9 Å². The zero-order valence-electron chi connectivity index (χ0n) is 29.6. The molecule has 2 saturated heterocycles. The quantitative estimate of drug-likeness (QED) is 0.113. The Morgan fingerprint density at radius 1 is 0.947 bits per heavy atom. The molecule has 2 aliphatic heterocycles. The standard InChI is InChI=1S/C39H30BCl2F3N4O8/c1-57-23-9-12-30(50)27(15-23)32-24-10-11-25-31(36(53)48(34(25)51)22-4-2-3-20(14-22)40(55)56)26(24)16-28-35(52)49(37(54)38(28,32)18-5-7-21(41)8-6-18)47-33-29(42)13-19(17-46-33)39(43,44)45/h2-10,12-15,17,25-26,28,31-32,50,55-56H,11,16H2,1H3,(H,46,47)/t25-,26+,28-,31-,32+,38+/m0/s1. The van der Waals surface area contributed by atoms with E-state index < -0.39 is 88.3 Å². The highest BCUT2D eigenvalue weighted by atomic mass is 35.5. The van der Waals surface area contributed by atoms with Crippen molar-refractivity contribution in [3.05, 3.63) is 117 Å². The van der Waals surface area contributed by atoms with Crippen molar-refractivity contribution >= 4 is 70.9 Å². The molecule has 57 heavy (non-hydrogen) atoms. The second kappa shape index (κ2) is 13.9. The lowest BCUT2D eigenvalue weighted by atomic mass is 9.49. The van der Waals surface area contributed by atoms with Crippen LogP contribution < -0.4 is 20.5 Å². The van der Waals surface area contributed by atoms with Crippen LogP contribution in [0.4, 0.5) is 24.7 Å². The molecule has 3 aromatic carbocycles. The molecule has 1 aromatic heterocycles. The SMILES string of the molecule is COc1ccc(O)c([C@H]2C3=CC[C@@H]4C(=O)N(c5cccc(B(O)O)c5)C(=O)[C@@H]4[C@@H]3C[C@H]3C(=O)N(Nc4ncc(C(F)(F)F)cc4Cl)C(=O)[C@@]23c2ccc(Cl)cc2)c1. The lowest BCUT2D eigenvalue weighted by molar-refractivity contribution is -0.139. The lowest BCUT2D eigenvalue weighted by Gasteiger charge is -2.50. The number of phenolic OH excluding ortho intramolecular Hbond substituents is 1. The highest BCUT2D eigenvalue weighted by molar-refractivity contribution is 6.58. The van der Waals surface area contributed by atoms with E-state index in [9.17, 15) is 42.7 Å². The van der Waals surface area contributed by atoms with Gasteiger partial charge in [0.15, 0.2) is 5.82 Å². The van der Waals surface area contributed by atoms with Gasteiger partial charge in [-0.05, 0) is 78.3 Å². The van der Waals surface area contributed by atoms with Gasteiger partial charge in [0.2, 0.25) is 11.8 Å². The van der Waals surface area contributed by atoms with Crippen LogP contribution in [-0.4, -0.2) is 63.0 Å². The van der Waals surface area contributed by atoms with Crippen LogP contribution in [0.2, 0.25) is 10.0 Å². The molecule has 3 heterocycles. The number of nitrogens with one attached hydrogen (secondary N) is 1. The van der Waals surface area contributed by atoms with E-state index in [2.05, 4.69) is 10.4 Å². The average molecular weight is 821 g/mol. The van der Waals surface area contributed by atoms with Crippen LogP contribution in [0.5, 0.6) is 11.5 Å². The number of methoxy groups -OCH3 is 1. The number of nitrogens with zero attached hydrogens (tertiary/aromatic N) is 3. The molecule has 4 N–H and O–H groups in total. The number of hydrogen-bond acceptors (Lipinski definition) is 10. The molecule has 8 rings (SSSR count). The third-order valence-electron chi connectivity index (χ3n) is 11.5. The normalized spacial score (nSPS) is 25.5. The largest absolute Gasteiger partial charge is 0.508 e. The maximum atomic E-state index is 15.3. The number of phenols is 1. The highest BCUT2D eigenvalue weighted by Gasteiger charge is 2.71. The van der Waals surface area contributed by atoms with Gasteiger partial charge in [-0.25, -0.2) is 4.98 Å². The average Bonchev–Trinajstić information content (AvgIpc) is 3.56. The maximum Gasteiger partial charge on any atom is 0.488 e. The minimum absolute atomic E-state index is 0.0394. The summed E-state index contributed by atoms with van der Waals surface area (Å²) in [6.07, 6.45) is -2.64. The van der Waals surface area contributed by atoms with E-state index in [1.54, 1.807) is 18.2 Å². The molecular weight excluding hydrogens is 791 g/mol. The monoisotopic (exact) mass is 820 g/mol. The summed E-state index contributed by atoms with van der Waals surface area (Å²) in [5.41, 5.74) is 0.633. The number of anilines is 2. The van der Waals surface area contributed by atoms with Gasteiger partial charge in [-0.2, -0.15) is 18.2 Å². The fourth-order valence-electron chi connectivity index (χ4n) is 9.10. The lowest BCUT2D eigenvalue weighted by Crippen LogP contribution is -2.53. The Hall–Kier alpha value is -5.42. The summed E-state index contributed by atoms with van der Waals surface area (Å²) < 4.78 is 46.0. The Bertz CT molecular complexity index is 2400. The minimum Gasteiger partial charge on any atom is -0.508 e. The Labute approximate surface area is 332 Å². The Kier molecular flexibility index (Phi) is 9.38. The number of amides is 4. The predicted octanol–water partition coefficient (Wildman–Crippen LogP) is 4.99. The Morgan fingerprint density at radius 3 is 2.35 bits per heavy atom. The number of carbonyl (C=O) groups excluding carboxylic acids is 4. The van der Waals surface area contributed by atoms with Crippen LogP contribution in [-0.2, 0) is 30.8 Å². The number of aromatic hydroxyl groups is 1. The molecule has 2 aliphatic carbocycles. The molecule has 0 bridgehead atoms. The first kappa shape index (κ1) is 38.5. The number of imide groups is 2. The molecule has 292 valence electrons. The number of aromatic nitrogens is 1. The van der Waals surface area contributed by atoms with Gasteiger partial charge in [-0.3, -0.25) is 29.5 Å². The fraction of sp³-hybridized carbons (Fsp3) is 0.256. The van der Waals surface area contributed by atoms with Gasteiger partial charge >= 0.3 is 13.3 Å². The number of benzene rings is 3. The van der Waals surface area contributed by atoms with Gasteiger partial charge in [0.1, 0.15) is 11.5 Å². The van der Waals surface area contributed by atoms with Crippen molar-refractivity contribution in [1.82, 2.24) is 9.99 Å². The summed E-state index contributed by atoms with van der Waals surface area (Å²) in [5, 5.41) is 31.7. The van der Waals surface area contributed by atoms with Crippen LogP contribution in [0.3, 0.4) is 0 Å². The smallest absolute Gasteiger partial charge is 0.488 e. The summed E-state index contributed by atoms with van der Waals surface area (Å²) in [6.45, 7) is 0. The van der Waals surface area contributed by atoms with Gasteiger partial charge in [-0.15, -0.1) is 0 Å². The molecule has 4 amide bonds.